The summed E-state index contributed by atoms with van der Waals surface area (Å²) in [5, 5.41) is 0. The summed E-state index contributed by atoms with van der Waals surface area (Å²) < 4.78 is 10.5. The van der Waals surface area contributed by atoms with Crippen LogP contribution in [0, 0.1) is 11.8 Å². The van der Waals surface area contributed by atoms with Crippen LogP contribution >= 0.6 is 15.9 Å². The largest absolute Gasteiger partial charge is 0.469 e. The molecule has 3 atom stereocenters. The van der Waals surface area contributed by atoms with Gasteiger partial charge in [-0.3, -0.25) is 14.6 Å². The first-order valence-electron chi connectivity index (χ1n) is 6.52. The molecule has 0 amide bonds. The van der Waals surface area contributed by atoms with Crippen molar-refractivity contribution in [3.8, 4) is 0 Å². The highest BCUT2D eigenvalue weighted by atomic mass is 79.9. The Labute approximate surface area is 131 Å². The van der Waals surface area contributed by atoms with Gasteiger partial charge in [0.2, 0.25) is 0 Å². The highest BCUT2D eigenvalue weighted by Gasteiger charge is 2.42. The fourth-order valence-corrected chi connectivity index (χ4v) is 2.83. The van der Waals surface area contributed by atoms with Crippen LogP contribution in [0.25, 0.3) is 0 Å². The van der Waals surface area contributed by atoms with Gasteiger partial charge in [0.05, 0.1) is 26.1 Å². The molecule has 1 aliphatic rings. The number of aromatic nitrogens is 1. The predicted molar refractivity (Wildman–Crippen MR) is 79.4 cm³/mol. The molecule has 2 rings (SSSR count). The van der Waals surface area contributed by atoms with Crippen molar-refractivity contribution in [1.29, 1.82) is 0 Å². The first-order valence-corrected chi connectivity index (χ1v) is 7.31. The van der Waals surface area contributed by atoms with Gasteiger partial charge in [-0.05, 0) is 34.5 Å². The molecule has 0 unspecified atom stereocenters. The van der Waals surface area contributed by atoms with Crippen LogP contribution in [0.5, 0.6) is 0 Å². The van der Waals surface area contributed by atoms with Gasteiger partial charge in [0.1, 0.15) is 0 Å². The lowest BCUT2D eigenvalue weighted by atomic mass is 9.74. The summed E-state index contributed by atoms with van der Waals surface area (Å²) in [6.45, 7) is 0. The first kappa shape index (κ1) is 15.7. The van der Waals surface area contributed by atoms with E-state index in [4.69, 9.17) is 9.47 Å². The smallest absolute Gasteiger partial charge is 0.310 e. The van der Waals surface area contributed by atoms with Gasteiger partial charge in [0, 0.05) is 22.3 Å². The molecule has 0 saturated heterocycles. The number of ether oxygens (including phenoxy) is 2. The number of pyridine rings is 1. The lowest BCUT2D eigenvalue weighted by Gasteiger charge is -2.30. The van der Waals surface area contributed by atoms with E-state index in [1.54, 1.807) is 6.20 Å². The third-order valence-corrected chi connectivity index (χ3v) is 4.09. The Morgan fingerprint density at radius 1 is 1.24 bits per heavy atom. The van der Waals surface area contributed by atoms with Gasteiger partial charge < -0.3 is 9.47 Å². The van der Waals surface area contributed by atoms with Crippen molar-refractivity contribution in [2.75, 3.05) is 14.2 Å². The van der Waals surface area contributed by atoms with Crippen molar-refractivity contribution in [3.05, 3.63) is 40.6 Å². The zero-order valence-corrected chi connectivity index (χ0v) is 13.4. The predicted octanol–water partition coefficient (Wildman–Crippen LogP) is 2.47. The van der Waals surface area contributed by atoms with Gasteiger partial charge in [-0.15, -0.1) is 0 Å². The Morgan fingerprint density at radius 2 is 1.95 bits per heavy atom. The van der Waals surface area contributed by atoms with Gasteiger partial charge in [0.25, 0.3) is 0 Å². The van der Waals surface area contributed by atoms with Crippen molar-refractivity contribution in [2.45, 2.75) is 12.3 Å². The minimum atomic E-state index is -0.624. The average molecular weight is 354 g/mol. The Balaban J connectivity index is 2.39. The second-order valence-corrected chi connectivity index (χ2v) is 5.69. The zero-order chi connectivity index (χ0) is 15.4. The summed E-state index contributed by atoms with van der Waals surface area (Å²) in [7, 11) is 2.64. The lowest BCUT2D eigenvalue weighted by Crippen LogP contribution is -2.37. The minimum Gasteiger partial charge on any atom is -0.469 e. The summed E-state index contributed by atoms with van der Waals surface area (Å²) in [5.74, 6) is -2.31. The molecule has 5 nitrogen and oxygen atoms in total. The number of carbonyl (C=O) groups is 2. The van der Waals surface area contributed by atoms with Gasteiger partial charge >= 0.3 is 11.9 Å². The summed E-state index contributed by atoms with van der Waals surface area (Å²) in [6, 6.07) is 3.68. The molecule has 0 radical (unpaired) electrons. The normalized spacial score (nSPS) is 24.4. The minimum absolute atomic E-state index is 0.302. The maximum Gasteiger partial charge on any atom is 0.310 e. The fraction of sp³-hybridized carbons (Fsp3) is 0.400. The number of halogens is 1. The summed E-state index contributed by atoms with van der Waals surface area (Å²) >= 11 is 3.33. The maximum absolute atomic E-state index is 12.1. The molecule has 1 aromatic heterocycles. The van der Waals surface area contributed by atoms with E-state index in [1.165, 1.54) is 14.2 Å². The molecule has 0 fully saturated rings. The molecule has 6 heteroatoms. The molecule has 0 saturated carbocycles. The van der Waals surface area contributed by atoms with Crippen molar-refractivity contribution >= 4 is 27.9 Å². The highest BCUT2D eigenvalue weighted by molar-refractivity contribution is 9.10. The molecule has 0 aromatic carbocycles. The third-order valence-electron chi connectivity index (χ3n) is 3.62. The maximum atomic E-state index is 12.1. The summed E-state index contributed by atoms with van der Waals surface area (Å²) in [4.78, 5) is 28.4. The van der Waals surface area contributed by atoms with Crippen LogP contribution in [0.1, 0.15) is 18.0 Å². The quantitative estimate of drug-likeness (QED) is 0.616. The van der Waals surface area contributed by atoms with Crippen LogP contribution in [-0.4, -0.2) is 31.1 Å². The van der Waals surface area contributed by atoms with E-state index in [1.807, 2.05) is 24.3 Å². The van der Waals surface area contributed by atoms with E-state index >= 15 is 0 Å². The van der Waals surface area contributed by atoms with E-state index in [9.17, 15) is 9.59 Å². The number of hydrogen-bond donors (Lipinski definition) is 0. The topological polar surface area (TPSA) is 65.5 Å². The standard InChI is InChI=1S/C15H16BrNO4/c1-20-14(18)11-5-3-4-10(13(11)15(19)21-2)12-7-6-9(16)8-17-12/h3-4,6-8,10-11,13H,5H2,1-2H3/t10-,11+,13+/m1/s1. The first-order chi connectivity index (χ1) is 10.1. The summed E-state index contributed by atoms with van der Waals surface area (Å²) in [5.41, 5.74) is 0.721. The van der Waals surface area contributed by atoms with Gasteiger partial charge in [-0.25, -0.2) is 0 Å². The third kappa shape index (κ3) is 3.32. The van der Waals surface area contributed by atoms with Crippen molar-refractivity contribution in [2.24, 2.45) is 11.8 Å². The number of nitrogens with zero attached hydrogens (tertiary/aromatic N) is 1. The zero-order valence-electron chi connectivity index (χ0n) is 11.8. The molecule has 1 aliphatic carbocycles. The molecular weight excluding hydrogens is 338 g/mol. The molecule has 112 valence electrons. The molecule has 1 aromatic rings. The van der Waals surface area contributed by atoms with E-state index in [2.05, 4.69) is 20.9 Å². The van der Waals surface area contributed by atoms with E-state index in [0.29, 0.717) is 6.42 Å². The van der Waals surface area contributed by atoms with Crippen LogP contribution in [0.3, 0.4) is 0 Å². The molecule has 0 N–H and O–H groups in total. The van der Waals surface area contributed by atoms with Crippen molar-refractivity contribution in [1.82, 2.24) is 4.98 Å². The van der Waals surface area contributed by atoms with Gasteiger partial charge in [0.15, 0.2) is 0 Å². The van der Waals surface area contributed by atoms with E-state index in [-0.39, 0.29) is 5.92 Å². The second-order valence-electron chi connectivity index (χ2n) is 4.77. The number of hydrogen-bond acceptors (Lipinski definition) is 5. The molecule has 0 bridgehead atoms. The Bertz CT molecular complexity index is 555. The molecule has 0 spiro atoms. The number of esters is 2. The van der Waals surface area contributed by atoms with Crippen molar-refractivity contribution < 1.29 is 19.1 Å². The fourth-order valence-electron chi connectivity index (χ4n) is 2.60. The van der Waals surface area contributed by atoms with Crippen LogP contribution in [0.4, 0.5) is 0 Å². The van der Waals surface area contributed by atoms with Crippen LogP contribution in [0.2, 0.25) is 0 Å². The van der Waals surface area contributed by atoms with Gasteiger partial charge in [-0.1, -0.05) is 12.2 Å². The Kier molecular flexibility index (Phi) is 5.12. The molecular formula is C15H16BrNO4. The van der Waals surface area contributed by atoms with E-state index < -0.39 is 23.8 Å². The number of allylic oxidation sites excluding steroid dienone is 2. The lowest BCUT2D eigenvalue weighted by molar-refractivity contribution is -0.158. The Morgan fingerprint density at radius 3 is 2.52 bits per heavy atom. The number of rotatable bonds is 3. The molecule has 21 heavy (non-hydrogen) atoms. The molecule has 1 heterocycles. The van der Waals surface area contributed by atoms with E-state index in [0.717, 1.165) is 10.2 Å². The number of carbonyl (C=O) groups excluding carboxylic acids is 2. The van der Waals surface area contributed by atoms with Crippen LogP contribution in [-0.2, 0) is 19.1 Å². The van der Waals surface area contributed by atoms with Crippen LogP contribution < -0.4 is 0 Å². The highest BCUT2D eigenvalue weighted by Crippen LogP contribution is 2.38. The molecule has 0 aliphatic heterocycles. The number of methoxy groups -OCH3 is 2. The van der Waals surface area contributed by atoms with Gasteiger partial charge in [-0.2, -0.15) is 0 Å². The monoisotopic (exact) mass is 353 g/mol. The second kappa shape index (κ2) is 6.85. The van der Waals surface area contributed by atoms with Crippen LogP contribution in [0.15, 0.2) is 35.0 Å². The van der Waals surface area contributed by atoms with Crippen molar-refractivity contribution in [3.63, 3.8) is 0 Å². The SMILES string of the molecule is COC(=O)[C@@H]1[C@@H](C(=O)OC)CC=C[C@@H]1c1ccc(Br)cn1. The average Bonchev–Trinajstić information content (AvgIpc) is 2.53. The Hall–Kier alpha value is -1.69. The summed E-state index contributed by atoms with van der Waals surface area (Å²) in [6.07, 6.45) is 5.91.